The van der Waals surface area contributed by atoms with Crippen LogP contribution in [0, 0.1) is 13.8 Å². The first-order chi connectivity index (χ1) is 8.58. The summed E-state index contributed by atoms with van der Waals surface area (Å²) >= 11 is 0. The minimum absolute atomic E-state index is 0.174. The van der Waals surface area contributed by atoms with Gasteiger partial charge in [0.1, 0.15) is 0 Å². The number of hydrogen-bond donors (Lipinski definition) is 2. The molecule has 2 nitrogen and oxygen atoms in total. The third-order valence-corrected chi connectivity index (χ3v) is 4.09. The Labute approximate surface area is 110 Å². The molecule has 2 rings (SSSR count). The van der Waals surface area contributed by atoms with Gasteiger partial charge < -0.3 is 10.4 Å². The number of nitrogens with one attached hydrogen (secondary N) is 1. The van der Waals surface area contributed by atoms with E-state index in [0.29, 0.717) is 6.04 Å². The number of aryl methyl sites for hydroxylation is 2. The van der Waals surface area contributed by atoms with Crippen LogP contribution in [0.15, 0.2) is 18.2 Å². The number of rotatable bonds is 3. The number of aliphatic hydroxyl groups is 1. The lowest BCUT2D eigenvalue weighted by Crippen LogP contribution is -2.43. The van der Waals surface area contributed by atoms with Crippen molar-refractivity contribution in [3.8, 4) is 0 Å². The van der Waals surface area contributed by atoms with E-state index < -0.39 is 0 Å². The van der Waals surface area contributed by atoms with E-state index in [2.05, 4.69) is 44.3 Å². The molecule has 3 unspecified atom stereocenters. The monoisotopic (exact) mass is 247 g/mol. The summed E-state index contributed by atoms with van der Waals surface area (Å²) < 4.78 is 0. The van der Waals surface area contributed by atoms with Gasteiger partial charge in [0.2, 0.25) is 0 Å². The second-order valence-corrected chi connectivity index (χ2v) is 5.71. The van der Waals surface area contributed by atoms with E-state index >= 15 is 0 Å². The third kappa shape index (κ3) is 3.12. The first-order valence-corrected chi connectivity index (χ1v) is 7.09. The second kappa shape index (κ2) is 5.85. The Hall–Kier alpha value is -0.860. The quantitative estimate of drug-likeness (QED) is 0.859. The lowest BCUT2D eigenvalue weighted by Gasteiger charge is -2.31. The molecule has 1 aliphatic carbocycles. The minimum Gasteiger partial charge on any atom is -0.392 e. The molecule has 18 heavy (non-hydrogen) atoms. The third-order valence-electron chi connectivity index (χ3n) is 4.09. The maximum atomic E-state index is 10.0. The molecule has 0 spiro atoms. The molecule has 0 saturated heterocycles. The molecule has 3 atom stereocenters. The molecule has 1 aromatic carbocycles. The number of hydrogen-bond acceptors (Lipinski definition) is 2. The molecule has 2 N–H and O–H groups in total. The van der Waals surface area contributed by atoms with Gasteiger partial charge in [0.25, 0.3) is 0 Å². The van der Waals surface area contributed by atoms with Crippen molar-refractivity contribution >= 4 is 0 Å². The van der Waals surface area contributed by atoms with Crippen LogP contribution in [0.2, 0.25) is 0 Å². The van der Waals surface area contributed by atoms with Gasteiger partial charge in [-0.3, -0.25) is 0 Å². The van der Waals surface area contributed by atoms with Crippen LogP contribution >= 0.6 is 0 Å². The van der Waals surface area contributed by atoms with E-state index in [0.717, 1.165) is 19.3 Å². The Kier molecular flexibility index (Phi) is 4.41. The van der Waals surface area contributed by atoms with E-state index in [4.69, 9.17) is 0 Å². The highest BCUT2D eigenvalue weighted by atomic mass is 16.3. The molecule has 0 heterocycles. The summed E-state index contributed by atoms with van der Waals surface area (Å²) in [4.78, 5) is 0. The van der Waals surface area contributed by atoms with Crippen LogP contribution in [0.25, 0.3) is 0 Å². The van der Waals surface area contributed by atoms with Crippen molar-refractivity contribution in [2.45, 2.75) is 64.6 Å². The van der Waals surface area contributed by atoms with Crippen LogP contribution in [0.3, 0.4) is 0 Å². The van der Waals surface area contributed by atoms with Crippen LogP contribution in [0.4, 0.5) is 0 Å². The molecule has 0 amide bonds. The van der Waals surface area contributed by atoms with Crippen molar-refractivity contribution < 1.29 is 5.11 Å². The molecule has 0 bridgehead atoms. The minimum atomic E-state index is -0.174. The standard InChI is InChI=1S/C16H25NO/c1-11-8-9-14(12(2)10-11)13(3)17-15-6-4-5-7-16(15)18/h8-10,13,15-18H,4-7H2,1-3H3. The van der Waals surface area contributed by atoms with E-state index in [1.807, 2.05) is 0 Å². The molecule has 2 heteroatoms. The second-order valence-electron chi connectivity index (χ2n) is 5.71. The summed E-state index contributed by atoms with van der Waals surface area (Å²) in [6.07, 6.45) is 4.26. The van der Waals surface area contributed by atoms with Gasteiger partial charge in [-0.2, -0.15) is 0 Å². The molecule has 0 aliphatic heterocycles. The van der Waals surface area contributed by atoms with Crippen molar-refractivity contribution in [1.82, 2.24) is 5.32 Å². The van der Waals surface area contributed by atoms with Crippen LogP contribution in [0.5, 0.6) is 0 Å². The SMILES string of the molecule is Cc1ccc(C(C)NC2CCCCC2O)c(C)c1. The molecule has 1 aromatic rings. The van der Waals surface area contributed by atoms with E-state index in [9.17, 15) is 5.11 Å². The Morgan fingerprint density at radius 2 is 1.94 bits per heavy atom. The van der Waals surface area contributed by atoms with Gasteiger partial charge in [-0.05, 0) is 44.7 Å². The average Bonchev–Trinajstić information content (AvgIpc) is 2.32. The first-order valence-electron chi connectivity index (χ1n) is 7.09. The van der Waals surface area contributed by atoms with Crippen molar-refractivity contribution in [2.75, 3.05) is 0 Å². The van der Waals surface area contributed by atoms with Crippen LogP contribution in [-0.2, 0) is 0 Å². The molecular formula is C16H25NO. The predicted molar refractivity (Wildman–Crippen MR) is 75.7 cm³/mol. The summed E-state index contributed by atoms with van der Waals surface area (Å²) in [5.41, 5.74) is 3.99. The molecule has 1 aliphatic rings. The fraction of sp³-hybridized carbons (Fsp3) is 0.625. The largest absolute Gasteiger partial charge is 0.392 e. The fourth-order valence-corrected chi connectivity index (χ4v) is 3.03. The summed E-state index contributed by atoms with van der Waals surface area (Å²) in [5, 5.41) is 13.6. The normalized spacial score (nSPS) is 26.0. The van der Waals surface area contributed by atoms with Crippen molar-refractivity contribution in [3.63, 3.8) is 0 Å². The summed E-state index contributed by atoms with van der Waals surface area (Å²) in [7, 11) is 0. The highest BCUT2D eigenvalue weighted by Crippen LogP contribution is 2.24. The number of benzene rings is 1. The number of aliphatic hydroxyl groups excluding tert-OH is 1. The smallest absolute Gasteiger partial charge is 0.0693 e. The van der Waals surface area contributed by atoms with E-state index in [1.54, 1.807) is 0 Å². The topological polar surface area (TPSA) is 32.3 Å². The molecule has 0 radical (unpaired) electrons. The van der Waals surface area contributed by atoms with Crippen molar-refractivity contribution in [2.24, 2.45) is 0 Å². The molecule has 100 valence electrons. The molecule has 1 fully saturated rings. The molecular weight excluding hydrogens is 222 g/mol. The zero-order chi connectivity index (χ0) is 13.1. The fourth-order valence-electron chi connectivity index (χ4n) is 3.03. The molecule has 1 saturated carbocycles. The van der Waals surface area contributed by atoms with Crippen LogP contribution in [-0.4, -0.2) is 17.3 Å². The van der Waals surface area contributed by atoms with E-state index in [-0.39, 0.29) is 12.1 Å². The van der Waals surface area contributed by atoms with E-state index in [1.165, 1.54) is 23.1 Å². The Balaban J connectivity index is 2.04. The van der Waals surface area contributed by atoms with Gasteiger partial charge in [0.05, 0.1) is 6.10 Å². The van der Waals surface area contributed by atoms with Gasteiger partial charge in [-0.25, -0.2) is 0 Å². The van der Waals surface area contributed by atoms with Crippen LogP contribution in [0.1, 0.15) is 55.3 Å². The first kappa shape index (κ1) is 13.6. The Morgan fingerprint density at radius 1 is 1.22 bits per heavy atom. The Morgan fingerprint density at radius 3 is 2.61 bits per heavy atom. The predicted octanol–water partition coefficient (Wildman–Crippen LogP) is 3.26. The van der Waals surface area contributed by atoms with Crippen molar-refractivity contribution in [3.05, 3.63) is 34.9 Å². The van der Waals surface area contributed by atoms with Crippen LogP contribution < -0.4 is 5.32 Å². The lowest BCUT2D eigenvalue weighted by atomic mass is 9.91. The highest BCUT2D eigenvalue weighted by molar-refractivity contribution is 5.32. The average molecular weight is 247 g/mol. The summed E-state index contributed by atoms with van der Waals surface area (Å²) in [5.74, 6) is 0. The van der Waals surface area contributed by atoms with Gasteiger partial charge in [-0.15, -0.1) is 0 Å². The highest BCUT2D eigenvalue weighted by Gasteiger charge is 2.24. The maximum Gasteiger partial charge on any atom is 0.0693 e. The maximum absolute atomic E-state index is 10.0. The van der Waals surface area contributed by atoms with Gasteiger partial charge in [0.15, 0.2) is 0 Å². The summed E-state index contributed by atoms with van der Waals surface area (Å²) in [6, 6.07) is 7.16. The zero-order valence-corrected chi connectivity index (χ0v) is 11.7. The van der Waals surface area contributed by atoms with Gasteiger partial charge >= 0.3 is 0 Å². The van der Waals surface area contributed by atoms with Gasteiger partial charge in [0, 0.05) is 12.1 Å². The zero-order valence-electron chi connectivity index (χ0n) is 11.7. The molecule has 0 aromatic heterocycles. The lowest BCUT2D eigenvalue weighted by molar-refractivity contribution is 0.0859. The Bertz CT molecular complexity index is 402. The van der Waals surface area contributed by atoms with Gasteiger partial charge in [-0.1, -0.05) is 36.6 Å². The summed E-state index contributed by atoms with van der Waals surface area (Å²) in [6.45, 7) is 6.48. The van der Waals surface area contributed by atoms with Crippen molar-refractivity contribution in [1.29, 1.82) is 0 Å².